The van der Waals surface area contributed by atoms with Crippen molar-refractivity contribution in [2.45, 2.75) is 49.3 Å². The molecule has 8 heteroatoms. The Morgan fingerprint density at radius 2 is 1.79 bits per heavy atom. The van der Waals surface area contributed by atoms with Gasteiger partial charge in [-0.1, -0.05) is 12.1 Å². The number of aromatic nitrogens is 1. The van der Waals surface area contributed by atoms with Gasteiger partial charge in [-0.05, 0) is 61.2 Å². The van der Waals surface area contributed by atoms with E-state index in [0.29, 0.717) is 11.9 Å². The van der Waals surface area contributed by atoms with Gasteiger partial charge >= 0.3 is 6.18 Å². The molecule has 2 aliphatic heterocycles. The van der Waals surface area contributed by atoms with Gasteiger partial charge in [0.15, 0.2) is 0 Å². The summed E-state index contributed by atoms with van der Waals surface area (Å²) in [4.78, 5) is -0.141. The molecule has 0 spiro atoms. The number of hydrogen-bond donors (Lipinski definition) is 1. The van der Waals surface area contributed by atoms with E-state index in [1.54, 1.807) is 6.07 Å². The van der Waals surface area contributed by atoms with E-state index in [1.807, 2.05) is 19.1 Å². The lowest BCUT2D eigenvalue weighted by Crippen LogP contribution is -2.33. The molecule has 2 unspecified atom stereocenters. The van der Waals surface area contributed by atoms with Crippen LogP contribution in [0.25, 0.3) is 10.9 Å². The van der Waals surface area contributed by atoms with Crippen molar-refractivity contribution in [2.24, 2.45) is 0 Å². The molecule has 3 aromatic rings. The van der Waals surface area contributed by atoms with Crippen LogP contribution in [0.4, 0.5) is 13.2 Å². The molecule has 2 bridgehead atoms. The van der Waals surface area contributed by atoms with Crippen molar-refractivity contribution < 1.29 is 21.6 Å². The molecule has 0 radical (unpaired) electrons. The Balaban J connectivity index is 1.75. The highest BCUT2D eigenvalue weighted by atomic mass is 32.2. The molecule has 1 fully saturated rings. The zero-order chi connectivity index (χ0) is 20.6. The number of hydrogen-bond acceptors (Lipinski definition) is 3. The maximum Gasteiger partial charge on any atom is 0.416 e. The monoisotopic (exact) mass is 420 g/mol. The number of nitrogens with zero attached hydrogens (tertiary/aromatic N) is 1. The van der Waals surface area contributed by atoms with Crippen molar-refractivity contribution >= 4 is 20.9 Å². The van der Waals surface area contributed by atoms with Gasteiger partial charge in [-0.3, -0.25) is 0 Å². The number of aryl methyl sites for hydroxylation is 1. The van der Waals surface area contributed by atoms with Crippen molar-refractivity contribution in [2.75, 3.05) is 0 Å². The largest absolute Gasteiger partial charge is 0.416 e. The topological polar surface area (TPSA) is 51.1 Å². The number of alkyl halides is 3. The van der Waals surface area contributed by atoms with E-state index in [4.69, 9.17) is 0 Å². The van der Waals surface area contributed by atoms with E-state index >= 15 is 0 Å². The number of benzene rings is 2. The first kappa shape index (κ1) is 18.7. The van der Waals surface area contributed by atoms with Gasteiger partial charge in [-0.25, -0.2) is 12.4 Å². The van der Waals surface area contributed by atoms with Gasteiger partial charge in [-0.2, -0.15) is 13.2 Å². The Hall–Kier alpha value is -2.32. The quantitative estimate of drug-likeness (QED) is 0.662. The summed E-state index contributed by atoms with van der Waals surface area (Å²) < 4.78 is 67.2. The molecule has 2 aliphatic rings. The zero-order valence-corrected chi connectivity index (χ0v) is 16.4. The third kappa shape index (κ3) is 2.73. The minimum Gasteiger partial charge on any atom is -0.307 e. The van der Waals surface area contributed by atoms with E-state index in [9.17, 15) is 21.6 Å². The van der Waals surface area contributed by atoms with E-state index in [0.717, 1.165) is 59.3 Å². The minimum atomic E-state index is -4.51. The summed E-state index contributed by atoms with van der Waals surface area (Å²) >= 11 is 0. The average molecular weight is 420 g/mol. The van der Waals surface area contributed by atoms with E-state index in [-0.39, 0.29) is 17.0 Å². The predicted molar refractivity (Wildman–Crippen MR) is 103 cm³/mol. The minimum absolute atomic E-state index is 0.108. The smallest absolute Gasteiger partial charge is 0.307 e. The lowest BCUT2D eigenvalue weighted by Gasteiger charge is -2.24. The molecule has 1 saturated heterocycles. The summed E-state index contributed by atoms with van der Waals surface area (Å²) in [5, 5.41) is 4.49. The highest BCUT2D eigenvalue weighted by Crippen LogP contribution is 2.44. The second kappa shape index (κ2) is 6.09. The van der Waals surface area contributed by atoms with E-state index < -0.39 is 21.8 Å². The maximum atomic E-state index is 13.5. The van der Waals surface area contributed by atoms with Crippen LogP contribution in [0.2, 0.25) is 0 Å². The Morgan fingerprint density at radius 1 is 1.07 bits per heavy atom. The molecule has 1 aromatic heterocycles. The van der Waals surface area contributed by atoms with Crippen LogP contribution in [0.1, 0.15) is 41.3 Å². The van der Waals surface area contributed by atoms with Crippen LogP contribution in [0, 0.1) is 6.92 Å². The summed E-state index contributed by atoms with van der Waals surface area (Å²) in [6.45, 7) is 1.96. The lowest BCUT2D eigenvalue weighted by molar-refractivity contribution is -0.137. The van der Waals surface area contributed by atoms with Gasteiger partial charge in [-0.15, -0.1) is 0 Å². The van der Waals surface area contributed by atoms with E-state index in [2.05, 4.69) is 5.32 Å². The van der Waals surface area contributed by atoms with Crippen LogP contribution < -0.4 is 5.32 Å². The summed E-state index contributed by atoms with van der Waals surface area (Å²) in [7, 11) is -4.04. The number of halogens is 3. The molecule has 0 saturated carbocycles. The fourth-order valence-electron chi connectivity index (χ4n) is 4.78. The van der Waals surface area contributed by atoms with E-state index in [1.165, 1.54) is 3.97 Å². The first-order valence-electron chi connectivity index (χ1n) is 9.49. The van der Waals surface area contributed by atoms with Gasteiger partial charge in [0, 0.05) is 29.6 Å². The molecule has 152 valence electrons. The Labute approximate surface area is 166 Å². The molecule has 29 heavy (non-hydrogen) atoms. The van der Waals surface area contributed by atoms with Gasteiger partial charge in [0.25, 0.3) is 10.0 Å². The summed E-state index contributed by atoms with van der Waals surface area (Å²) in [6.07, 6.45) is -2.00. The molecule has 2 aromatic carbocycles. The van der Waals surface area contributed by atoms with Crippen LogP contribution in [-0.2, 0) is 22.6 Å². The summed E-state index contributed by atoms with van der Waals surface area (Å²) in [5.74, 6) is 0. The van der Waals surface area contributed by atoms with Crippen LogP contribution in [0.3, 0.4) is 0 Å². The first-order valence-corrected chi connectivity index (χ1v) is 10.9. The maximum absolute atomic E-state index is 13.5. The fourth-order valence-corrected chi connectivity index (χ4v) is 6.34. The van der Waals surface area contributed by atoms with Crippen molar-refractivity contribution in [3.05, 3.63) is 64.8 Å². The normalized spacial score (nSPS) is 21.5. The van der Waals surface area contributed by atoms with Gasteiger partial charge < -0.3 is 5.32 Å². The molecular formula is C21H19F3N2O2S. The molecule has 0 amide bonds. The first-order chi connectivity index (χ1) is 13.7. The second-order valence-corrected chi connectivity index (χ2v) is 9.61. The predicted octanol–water partition coefficient (Wildman–Crippen LogP) is 4.55. The van der Waals surface area contributed by atoms with Gasteiger partial charge in [0.2, 0.25) is 0 Å². The summed E-state index contributed by atoms with van der Waals surface area (Å²) in [6, 6.07) is 9.60. The molecule has 0 aliphatic carbocycles. The third-order valence-corrected chi connectivity index (χ3v) is 7.81. The van der Waals surface area contributed by atoms with Crippen molar-refractivity contribution in [1.29, 1.82) is 0 Å². The molecule has 1 N–H and O–H groups in total. The molecular weight excluding hydrogens is 401 g/mol. The van der Waals surface area contributed by atoms with Gasteiger partial charge in [0.1, 0.15) is 0 Å². The number of rotatable bonds is 2. The zero-order valence-electron chi connectivity index (χ0n) is 15.6. The molecule has 4 nitrogen and oxygen atoms in total. The van der Waals surface area contributed by atoms with Crippen LogP contribution in [0.15, 0.2) is 47.4 Å². The average Bonchev–Trinajstić information content (AvgIpc) is 3.21. The standard InChI is InChI=1S/C21H19F3N2O2S/c1-12-3-2-4-17-19(12)20-16-10-7-14(25-16)11-18(20)26(17)29(27,28)15-8-5-13(6-9-15)21(22,23)24/h2-6,8-9,14,16,25H,7,10-11H2,1H3. The second-order valence-electron chi connectivity index (χ2n) is 7.82. The summed E-state index contributed by atoms with van der Waals surface area (Å²) in [5.41, 5.74) is 2.48. The lowest BCUT2D eigenvalue weighted by atomic mass is 9.97. The SMILES string of the molecule is Cc1cccc2c1c1c(n2S(=O)(=O)c2ccc(C(F)(F)F)cc2)CC2CCC1N2. The number of nitrogens with one attached hydrogen (secondary N) is 1. The Morgan fingerprint density at radius 3 is 2.48 bits per heavy atom. The van der Waals surface area contributed by atoms with Crippen molar-refractivity contribution in [3.8, 4) is 0 Å². The van der Waals surface area contributed by atoms with Crippen LogP contribution in [-0.4, -0.2) is 18.4 Å². The van der Waals surface area contributed by atoms with Crippen molar-refractivity contribution in [3.63, 3.8) is 0 Å². The van der Waals surface area contributed by atoms with Crippen LogP contribution >= 0.6 is 0 Å². The molecule has 2 atom stereocenters. The molecule has 3 heterocycles. The highest BCUT2D eigenvalue weighted by Gasteiger charge is 2.39. The Bertz CT molecular complexity index is 1230. The van der Waals surface area contributed by atoms with Gasteiger partial charge in [0.05, 0.1) is 16.0 Å². The Kier molecular flexibility index (Phi) is 3.93. The molecule has 5 rings (SSSR count). The van der Waals surface area contributed by atoms with Crippen molar-refractivity contribution in [1.82, 2.24) is 9.29 Å². The third-order valence-electron chi connectivity index (χ3n) is 6.04. The van der Waals surface area contributed by atoms with Crippen LogP contribution in [0.5, 0.6) is 0 Å². The number of fused-ring (bicyclic) bond motifs is 6. The fraction of sp³-hybridized carbons (Fsp3) is 0.333. The highest BCUT2D eigenvalue weighted by molar-refractivity contribution is 7.90.